The van der Waals surface area contributed by atoms with Gasteiger partial charge in [0.1, 0.15) is 5.82 Å². The van der Waals surface area contributed by atoms with E-state index in [2.05, 4.69) is 25.4 Å². The SMILES string of the molecule is O=C(Nc1ccc(-c2n[nH]c(Cc3cc4c(cc3Cl)OCO4)n2)cc1)c1cccc(CN2CCS(=O)(=O)CC2)c1. The van der Waals surface area contributed by atoms with Crippen LogP contribution in [0.1, 0.15) is 27.3 Å². The maximum absolute atomic E-state index is 12.9. The number of nitrogens with one attached hydrogen (secondary N) is 2. The fourth-order valence-corrected chi connectivity index (χ4v) is 6.16. The van der Waals surface area contributed by atoms with Crippen LogP contribution in [0.3, 0.4) is 0 Å². The molecule has 10 nitrogen and oxygen atoms in total. The summed E-state index contributed by atoms with van der Waals surface area (Å²) in [5.41, 5.74) is 3.78. The smallest absolute Gasteiger partial charge is 0.255 e. The zero-order valence-corrected chi connectivity index (χ0v) is 23.0. The predicted molar refractivity (Wildman–Crippen MR) is 151 cm³/mol. The van der Waals surface area contributed by atoms with Gasteiger partial charge in [-0.2, -0.15) is 5.10 Å². The van der Waals surface area contributed by atoms with E-state index in [1.165, 1.54) is 0 Å². The van der Waals surface area contributed by atoms with Gasteiger partial charge in [0.15, 0.2) is 27.2 Å². The minimum absolute atomic E-state index is 0.173. The lowest BCUT2D eigenvalue weighted by Gasteiger charge is -2.26. The molecule has 1 amide bonds. The molecule has 0 saturated carbocycles. The fourth-order valence-electron chi connectivity index (χ4n) is 4.66. The van der Waals surface area contributed by atoms with Crippen molar-refractivity contribution in [2.45, 2.75) is 13.0 Å². The number of ether oxygens (including phenoxy) is 2. The maximum Gasteiger partial charge on any atom is 0.255 e. The molecule has 1 aromatic heterocycles. The molecular weight excluding hydrogens is 554 g/mol. The zero-order chi connectivity index (χ0) is 27.7. The highest BCUT2D eigenvalue weighted by Gasteiger charge is 2.22. The number of sulfone groups is 1. The summed E-state index contributed by atoms with van der Waals surface area (Å²) in [5, 5.41) is 10.8. The van der Waals surface area contributed by atoms with Crippen LogP contribution in [-0.4, -0.2) is 65.8 Å². The second-order valence-electron chi connectivity index (χ2n) is 9.74. The molecule has 40 heavy (non-hydrogen) atoms. The number of hydrogen-bond acceptors (Lipinski definition) is 8. The topological polar surface area (TPSA) is 127 Å². The van der Waals surface area contributed by atoms with Crippen LogP contribution in [0.25, 0.3) is 11.4 Å². The Bertz CT molecular complexity index is 1660. The van der Waals surface area contributed by atoms with Crippen LogP contribution in [0.2, 0.25) is 5.02 Å². The van der Waals surface area contributed by atoms with Gasteiger partial charge in [0.05, 0.1) is 11.5 Å². The Hall–Kier alpha value is -3.93. The van der Waals surface area contributed by atoms with Crippen LogP contribution in [-0.2, 0) is 22.8 Å². The van der Waals surface area contributed by atoms with Gasteiger partial charge in [-0.15, -0.1) is 0 Å². The van der Waals surface area contributed by atoms with Gasteiger partial charge in [-0.25, -0.2) is 13.4 Å². The third-order valence-electron chi connectivity index (χ3n) is 6.86. The molecule has 3 aromatic carbocycles. The molecule has 0 atom stereocenters. The van der Waals surface area contributed by atoms with E-state index in [1.54, 1.807) is 24.3 Å². The van der Waals surface area contributed by atoms with Crippen molar-refractivity contribution in [1.82, 2.24) is 20.1 Å². The molecule has 1 fully saturated rings. The number of benzene rings is 3. The lowest BCUT2D eigenvalue weighted by Crippen LogP contribution is -2.39. The number of amides is 1. The number of aromatic nitrogens is 3. The minimum atomic E-state index is -2.93. The molecule has 2 aliphatic heterocycles. The Morgan fingerprint density at radius 1 is 1.02 bits per heavy atom. The maximum atomic E-state index is 12.9. The first-order valence-corrected chi connectivity index (χ1v) is 14.9. The quantitative estimate of drug-likeness (QED) is 0.337. The van der Waals surface area contributed by atoms with Crippen molar-refractivity contribution >= 4 is 33.0 Å². The Labute approximate surface area is 236 Å². The number of rotatable bonds is 7. The van der Waals surface area contributed by atoms with E-state index in [0.29, 0.717) is 65.5 Å². The number of H-pyrrole nitrogens is 1. The third kappa shape index (κ3) is 5.96. The van der Waals surface area contributed by atoms with Crippen molar-refractivity contribution in [2.75, 3.05) is 36.7 Å². The molecule has 0 aliphatic carbocycles. The largest absolute Gasteiger partial charge is 0.454 e. The Morgan fingerprint density at radius 3 is 2.55 bits per heavy atom. The predicted octanol–water partition coefficient (Wildman–Crippen LogP) is 3.93. The number of hydrogen-bond donors (Lipinski definition) is 2. The van der Waals surface area contributed by atoms with E-state index in [4.69, 9.17) is 21.1 Å². The van der Waals surface area contributed by atoms with E-state index in [-0.39, 0.29) is 24.2 Å². The number of aromatic amines is 1. The molecule has 2 N–H and O–H groups in total. The highest BCUT2D eigenvalue weighted by atomic mass is 35.5. The monoisotopic (exact) mass is 579 g/mol. The summed E-state index contributed by atoms with van der Waals surface area (Å²) in [6.45, 7) is 1.79. The van der Waals surface area contributed by atoms with Gasteiger partial charge in [-0.05, 0) is 53.6 Å². The van der Waals surface area contributed by atoms with E-state index in [0.717, 1.165) is 16.7 Å². The first-order valence-electron chi connectivity index (χ1n) is 12.7. The lowest BCUT2D eigenvalue weighted by atomic mass is 10.1. The summed E-state index contributed by atoms with van der Waals surface area (Å²) < 4.78 is 34.2. The molecule has 12 heteroatoms. The van der Waals surface area contributed by atoms with Crippen LogP contribution in [0.4, 0.5) is 5.69 Å². The van der Waals surface area contributed by atoms with Gasteiger partial charge < -0.3 is 14.8 Å². The van der Waals surface area contributed by atoms with Crippen molar-refractivity contribution < 1.29 is 22.7 Å². The van der Waals surface area contributed by atoms with Gasteiger partial charge in [0.2, 0.25) is 6.79 Å². The van der Waals surface area contributed by atoms with E-state index in [9.17, 15) is 13.2 Å². The standard InChI is InChI=1S/C28H26ClN5O5S/c29-23-15-25-24(38-17-39-25)13-21(23)14-26-31-27(33-32-26)19-4-6-22(7-5-19)30-28(35)20-3-1-2-18(12-20)16-34-8-10-40(36,37)11-9-34/h1-7,12-13,15H,8-11,14,16-17H2,(H,30,35)(H,31,32,33). The van der Waals surface area contributed by atoms with Crippen LogP contribution >= 0.6 is 11.6 Å². The number of halogens is 1. The number of carbonyl (C=O) groups excluding carboxylic acids is 1. The van der Waals surface area contributed by atoms with Crippen molar-refractivity contribution in [1.29, 1.82) is 0 Å². The van der Waals surface area contributed by atoms with Gasteiger partial charge in [-0.1, -0.05) is 23.7 Å². The van der Waals surface area contributed by atoms with Gasteiger partial charge in [0, 0.05) is 54.0 Å². The highest BCUT2D eigenvalue weighted by molar-refractivity contribution is 7.91. The number of carbonyl (C=O) groups is 1. The molecule has 4 aromatic rings. The minimum Gasteiger partial charge on any atom is -0.454 e. The van der Waals surface area contributed by atoms with E-state index >= 15 is 0 Å². The average molecular weight is 580 g/mol. The van der Waals surface area contributed by atoms with Crippen molar-refractivity contribution in [2.24, 2.45) is 0 Å². The van der Waals surface area contributed by atoms with E-state index in [1.807, 2.05) is 36.4 Å². The normalized spacial score (nSPS) is 16.1. The van der Waals surface area contributed by atoms with Gasteiger partial charge in [-0.3, -0.25) is 14.8 Å². The molecule has 206 valence electrons. The third-order valence-corrected chi connectivity index (χ3v) is 8.83. The Morgan fingerprint density at radius 2 is 1.77 bits per heavy atom. The second-order valence-corrected chi connectivity index (χ2v) is 12.5. The van der Waals surface area contributed by atoms with Gasteiger partial charge >= 0.3 is 0 Å². The summed E-state index contributed by atoms with van der Waals surface area (Å²) in [5.74, 6) is 2.59. The molecule has 0 unspecified atom stereocenters. The van der Waals surface area contributed by atoms with E-state index < -0.39 is 9.84 Å². The van der Waals surface area contributed by atoms with Crippen molar-refractivity contribution in [3.63, 3.8) is 0 Å². The summed E-state index contributed by atoms with van der Waals surface area (Å²) >= 11 is 6.39. The first-order chi connectivity index (χ1) is 19.3. The lowest BCUT2D eigenvalue weighted by molar-refractivity contribution is 0.102. The van der Waals surface area contributed by atoms with Gasteiger partial charge in [0.25, 0.3) is 5.91 Å². The van der Waals surface area contributed by atoms with Crippen molar-refractivity contribution in [3.05, 3.63) is 88.2 Å². The summed E-state index contributed by atoms with van der Waals surface area (Å²) in [6, 6.07) is 18.3. The molecule has 0 radical (unpaired) electrons. The first kappa shape index (κ1) is 26.3. The van der Waals surface area contributed by atoms with Crippen LogP contribution in [0.15, 0.2) is 60.7 Å². The summed E-state index contributed by atoms with van der Waals surface area (Å²) in [4.78, 5) is 19.6. The second kappa shape index (κ2) is 10.9. The van der Waals surface area contributed by atoms with Crippen molar-refractivity contribution in [3.8, 4) is 22.9 Å². The molecular formula is C28H26ClN5O5S. The number of fused-ring (bicyclic) bond motifs is 1. The van der Waals surface area contributed by atoms with Crippen LogP contribution in [0, 0.1) is 0 Å². The highest BCUT2D eigenvalue weighted by Crippen LogP contribution is 2.37. The number of anilines is 1. The molecule has 0 spiro atoms. The zero-order valence-electron chi connectivity index (χ0n) is 21.4. The molecule has 0 bridgehead atoms. The Kier molecular flexibility index (Phi) is 7.18. The molecule has 2 aliphatic rings. The average Bonchev–Trinajstić information content (AvgIpc) is 3.60. The summed E-state index contributed by atoms with van der Waals surface area (Å²) in [7, 11) is -2.93. The molecule has 1 saturated heterocycles. The molecule has 3 heterocycles. The summed E-state index contributed by atoms with van der Waals surface area (Å²) in [6.07, 6.45) is 0.451. The number of nitrogens with zero attached hydrogens (tertiary/aromatic N) is 3. The fraction of sp³-hybridized carbons (Fsp3) is 0.250. The van der Waals surface area contributed by atoms with Crippen LogP contribution in [0.5, 0.6) is 11.5 Å². The molecule has 6 rings (SSSR count). The Balaban J connectivity index is 1.07. The van der Waals surface area contributed by atoms with Crippen LogP contribution < -0.4 is 14.8 Å².